The molecule has 0 N–H and O–H groups in total. The lowest BCUT2D eigenvalue weighted by molar-refractivity contribution is -0.147. The van der Waals surface area contributed by atoms with E-state index in [0.717, 1.165) is 71.5 Å². The maximum Gasteiger partial charge on any atom is 0.231 e. The van der Waals surface area contributed by atoms with Gasteiger partial charge in [-0.3, -0.25) is 0 Å². The monoisotopic (exact) mass is 411 g/mol. The number of piperidine rings is 1. The van der Waals surface area contributed by atoms with Crippen molar-refractivity contribution in [3.63, 3.8) is 0 Å². The van der Waals surface area contributed by atoms with Crippen molar-refractivity contribution in [2.24, 2.45) is 5.10 Å². The molecule has 0 amide bonds. The Hall–Kier alpha value is -2.44. The van der Waals surface area contributed by atoms with E-state index in [1.54, 1.807) is 0 Å². The molecule has 1 saturated heterocycles. The first-order valence-corrected chi connectivity index (χ1v) is 10.4. The number of hydrazone groups is 1. The lowest BCUT2D eigenvalue weighted by Crippen LogP contribution is -2.58. The molecule has 1 atom stereocenters. The summed E-state index contributed by atoms with van der Waals surface area (Å²) >= 11 is 6.33. The van der Waals surface area contributed by atoms with E-state index >= 15 is 0 Å². The molecule has 2 aromatic carbocycles. The molecule has 1 spiro atoms. The van der Waals surface area contributed by atoms with Crippen molar-refractivity contribution in [2.45, 2.75) is 31.0 Å². The maximum absolute atomic E-state index is 6.62. The van der Waals surface area contributed by atoms with Gasteiger partial charge in [0, 0.05) is 48.5 Å². The van der Waals surface area contributed by atoms with Crippen LogP contribution in [0.1, 0.15) is 36.4 Å². The highest BCUT2D eigenvalue weighted by Gasteiger charge is 2.51. The summed E-state index contributed by atoms with van der Waals surface area (Å²) in [7, 11) is 2.16. The molecule has 150 valence electrons. The summed E-state index contributed by atoms with van der Waals surface area (Å²) in [5.74, 6) is 2.50. The first kappa shape index (κ1) is 17.4. The predicted octanol–water partition coefficient (Wildman–Crippen LogP) is 4.03. The molecule has 1 fully saturated rings. The minimum absolute atomic E-state index is 0.126. The van der Waals surface area contributed by atoms with Crippen LogP contribution in [0.2, 0.25) is 5.02 Å². The van der Waals surface area contributed by atoms with Crippen molar-refractivity contribution >= 4 is 17.3 Å². The van der Waals surface area contributed by atoms with Gasteiger partial charge in [0.25, 0.3) is 0 Å². The molecule has 4 aliphatic rings. The Morgan fingerprint density at radius 1 is 1.03 bits per heavy atom. The Morgan fingerprint density at radius 3 is 2.69 bits per heavy atom. The summed E-state index contributed by atoms with van der Waals surface area (Å²) in [5.41, 5.74) is 2.82. The smallest absolute Gasteiger partial charge is 0.231 e. The van der Waals surface area contributed by atoms with Crippen LogP contribution < -0.4 is 14.2 Å². The van der Waals surface area contributed by atoms with Gasteiger partial charge < -0.3 is 19.1 Å². The molecule has 2 aromatic rings. The van der Waals surface area contributed by atoms with Crippen LogP contribution in [0.5, 0.6) is 17.2 Å². The molecule has 0 aliphatic carbocycles. The van der Waals surface area contributed by atoms with Crippen LogP contribution in [0, 0.1) is 0 Å². The van der Waals surface area contributed by atoms with E-state index in [1.165, 1.54) is 0 Å². The molecule has 4 aliphatic heterocycles. The summed E-state index contributed by atoms with van der Waals surface area (Å²) < 4.78 is 17.7. The molecule has 0 aromatic heterocycles. The SMILES string of the molecule is CN1CCC2(CC1)Oc1ccc(Cl)cc1[C@H]1CC(c3ccc4c(c3)OCO4)=NN12. The van der Waals surface area contributed by atoms with Gasteiger partial charge in [0.05, 0.1) is 11.8 Å². The Balaban J connectivity index is 1.43. The van der Waals surface area contributed by atoms with E-state index in [9.17, 15) is 0 Å². The zero-order chi connectivity index (χ0) is 19.6. The average molecular weight is 412 g/mol. The Kier molecular flexibility index (Phi) is 3.77. The zero-order valence-electron chi connectivity index (χ0n) is 16.2. The lowest BCUT2D eigenvalue weighted by atomic mass is 9.91. The van der Waals surface area contributed by atoms with Gasteiger partial charge in [-0.05, 0) is 43.4 Å². The second-order valence-corrected chi connectivity index (χ2v) is 8.65. The second-order valence-electron chi connectivity index (χ2n) is 8.21. The highest BCUT2D eigenvalue weighted by Crippen LogP contribution is 2.50. The van der Waals surface area contributed by atoms with Crippen LogP contribution in [0.25, 0.3) is 0 Å². The number of rotatable bonds is 1. The molecule has 0 saturated carbocycles. The minimum atomic E-state index is -0.407. The largest absolute Gasteiger partial charge is 0.466 e. The first-order valence-electron chi connectivity index (χ1n) is 10.1. The number of nitrogens with zero attached hydrogens (tertiary/aromatic N) is 3. The summed E-state index contributed by atoms with van der Waals surface area (Å²) in [6.45, 7) is 2.25. The van der Waals surface area contributed by atoms with Gasteiger partial charge in [0.1, 0.15) is 5.75 Å². The van der Waals surface area contributed by atoms with Crippen molar-refractivity contribution in [3.8, 4) is 17.2 Å². The topological polar surface area (TPSA) is 46.5 Å². The Bertz CT molecular complexity index is 1020. The fourth-order valence-electron chi connectivity index (χ4n) is 4.80. The third kappa shape index (κ3) is 2.69. The highest BCUT2D eigenvalue weighted by atomic mass is 35.5. The van der Waals surface area contributed by atoms with Crippen LogP contribution in [0.4, 0.5) is 0 Å². The van der Waals surface area contributed by atoms with Gasteiger partial charge in [-0.25, -0.2) is 5.01 Å². The molecule has 0 radical (unpaired) electrons. The van der Waals surface area contributed by atoms with Gasteiger partial charge in [0.15, 0.2) is 11.5 Å². The molecule has 6 nitrogen and oxygen atoms in total. The fourth-order valence-corrected chi connectivity index (χ4v) is 4.98. The third-order valence-electron chi connectivity index (χ3n) is 6.43. The standard InChI is InChI=1S/C22H22ClN3O3/c1-25-8-6-22(7-9-25)26-18(16-11-15(23)3-5-19(16)29-22)12-17(24-26)14-2-4-20-21(10-14)28-13-27-20/h2-5,10-11,18H,6-9,12-13H2,1H3/t18-/m1/s1. The van der Waals surface area contributed by atoms with Gasteiger partial charge in [-0.1, -0.05) is 11.6 Å². The van der Waals surface area contributed by atoms with Crippen molar-refractivity contribution in [1.29, 1.82) is 0 Å². The lowest BCUT2D eigenvalue weighted by Gasteiger charge is -2.50. The number of benzene rings is 2. The minimum Gasteiger partial charge on any atom is -0.466 e. The number of hydrogen-bond acceptors (Lipinski definition) is 6. The van der Waals surface area contributed by atoms with Gasteiger partial charge in [-0.15, -0.1) is 0 Å². The van der Waals surface area contributed by atoms with E-state index < -0.39 is 5.72 Å². The van der Waals surface area contributed by atoms with E-state index in [0.29, 0.717) is 0 Å². The van der Waals surface area contributed by atoms with Gasteiger partial charge >= 0.3 is 0 Å². The van der Waals surface area contributed by atoms with E-state index in [-0.39, 0.29) is 12.8 Å². The zero-order valence-corrected chi connectivity index (χ0v) is 17.0. The molecular formula is C22H22ClN3O3. The molecular weight excluding hydrogens is 390 g/mol. The summed E-state index contributed by atoms with van der Waals surface area (Å²) in [6, 6.07) is 12.1. The molecule has 0 unspecified atom stereocenters. The number of fused-ring (bicyclic) bond motifs is 5. The summed E-state index contributed by atoms with van der Waals surface area (Å²) in [6.07, 6.45) is 2.65. The van der Waals surface area contributed by atoms with Crippen molar-refractivity contribution < 1.29 is 14.2 Å². The van der Waals surface area contributed by atoms with Crippen molar-refractivity contribution in [3.05, 3.63) is 52.5 Å². The van der Waals surface area contributed by atoms with Crippen molar-refractivity contribution in [2.75, 3.05) is 26.9 Å². The number of ether oxygens (including phenoxy) is 3. The van der Waals surface area contributed by atoms with Crippen LogP contribution in [-0.2, 0) is 0 Å². The van der Waals surface area contributed by atoms with E-state index in [2.05, 4.69) is 23.0 Å². The van der Waals surface area contributed by atoms with Crippen LogP contribution in [0.3, 0.4) is 0 Å². The quantitative estimate of drug-likeness (QED) is 0.708. The predicted molar refractivity (Wildman–Crippen MR) is 110 cm³/mol. The van der Waals surface area contributed by atoms with Gasteiger partial charge in [0.2, 0.25) is 12.5 Å². The van der Waals surface area contributed by atoms with Crippen LogP contribution in [-0.4, -0.2) is 48.3 Å². The Labute approximate surface area is 174 Å². The molecule has 7 heteroatoms. The molecule has 4 heterocycles. The van der Waals surface area contributed by atoms with Crippen molar-refractivity contribution in [1.82, 2.24) is 9.91 Å². The normalized spacial score (nSPS) is 24.1. The maximum atomic E-state index is 6.62. The van der Waals surface area contributed by atoms with Crippen LogP contribution in [0.15, 0.2) is 41.5 Å². The van der Waals surface area contributed by atoms with Gasteiger partial charge in [-0.2, -0.15) is 5.10 Å². The average Bonchev–Trinajstić information content (AvgIpc) is 3.38. The molecule has 0 bridgehead atoms. The number of hydrogen-bond donors (Lipinski definition) is 0. The van der Waals surface area contributed by atoms with Crippen LogP contribution >= 0.6 is 11.6 Å². The highest BCUT2D eigenvalue weighted by molar-refractivity contribution is 6.30. The summed E-state index contributed by atoms with van der Waals surface area (Å²) in [4.78, 5) is 2.35. The molecule has 29 heavy (non-hydrogen) atoms. The molecule has 6 rings (SSSR count). The van der Waals surface area contributed by atoms with E-state index in [1.807, 2.05) is 30.3 Å². The second kappa shape index (κ2) is 6.28. The fraction of sp³-hybridized carbons (Fsp3) is 0.409. The number of halogens is 1. The Morgan fingerprint density at radius 2 is 1.83 bits per heavy atom. The number of likely N-dealkylation sites (tertiary alicyclic amines) is 1. The third-order valence-corrected chi connectivity index (χ3v) is 6.67. The van der Waals surface area contributed by atoms with E-state index in [4.69, 9.17) is 30.9 Å². The summed E-state index contributed by atoms with van der Waals surface area (Å²) in [5, 5.41) is 8.04. The first-order chi connectivity index (χ1) is 14.1.